The van der Waals surface area contributed by atoms with Crippen molar-refractivity contribution in [2.24, 2.45) is 0 Å². The van der Waals surface area contributed by atoms with Gasteiger partial charge in [-0.05, 0) is 43.2 Å². The summed E-state index contributed by atoms with van der Waals surface area (Å²) in [5, 5.41) is 9.27. The van der Waals surface area contributed by atoms with Crippen LogP contribution in [-0.2, 0) is 4.79 Å². The Morgan fingerprint density at radius 3 is 2.37 bits per heavy atom. The number of piperidine rings is 1. The molecule has 3 N–H and O–H groups in total. The van der Waals surface area contributed by atoms with Crippen molar-refractivity contribution in [1.82, 2.24) is 10.2 Å². The molecule has 1 fully saturated rings. The summed E-state index contributed by atoms with van der Waals surface area (Å²) in [6.45, 7) is 1.86. The minimum Gasteiger partial charge on any atom is -0.335 e. The second kappa shape index (κ2) is 9.39. The number of benzene rings is 2. The van der Waals surface area contributed by atoms with Crippen LogP contribution in [0, 0.1) is 0 Å². The molecule has 0 aliphatic carbocycles. The van der Waals surface area contributed by atoms with Gasteiger partial charge in [0.1, 0.15) is 0 Å². The lowest BCUT2D eigenvalue weighted by Crippen LogP contribution is -2.47. The first kappa shape index (κ1) is 19.2. The predicted octanol–water partition coefficient (Wildman–Crippen LogP) is 3.56. The largest absolute Gasteiger partial charge is 0.335 e. The van der Waals surface area contributed by atoms with Crippen molar-refractivity contribution in [3.63, 3.8) is 0 Å². The zero-order valence-corrected chi connectivity index (χ0v) is 15.7. The maximum absolute atomic E-state index is 12.2. The maximum Gasteiger partial charge on any atom is 0.319 e. The first-order valence-electron chi connectivity index (χ1n) is 8.99. The minimum atomic E-state index is -0.196. The van der Waals surface area contributed by atoms with Gasteiger partial charge in [-0.3, -0.25) is 9.69 Å². The second-order valence-electron chi connectivity index (χ2n) is 6.57. The van der Waals surface area contributed by atoms with Crippen molar-refractivity contribution >= 4 is 34.9 Å². The maximum atomic E-state index is 12.2. The smallest absolute Gasteiger partial charge is 0.319 e. The third kappa shape index (κ3) is 6.27. The van der Waals surface area contributed by atoms with Crippen LogP contribution in [0.5, 0.6) is 0 Å². The van der Waals surface area contributed by atoms with Gasteiger partial charge < -0.3 is 16.0 Å². The van der Waals surface area contributed by atoms with E-state index in [0.29, 0.717) is 17.3 Å². The van der Waals surface area contributed by atoms with E-state index in [0.717, 1.165) is 31.6 Å². The molecule has 6 nitrogen and oxygen atoms in total. The Hall–Kier alpha value is -2.57. The molecule has 3 rings (SSSR count). The van der Waals surface area contributed by atoms with Gasteiger partial charge in [-0.2, -0.15) is 0 Å². The third-order valence-corrected chi connectivity index (χ3v) is 4.67. The molecule has 27 heavy (non-hydrogen) atoms. The Kier molecular flexibility index (Phi) is 6.68. The molecular formula is C20H23ClN4O2. The van der Waals surface area contributed by atoms with Gasteiger partial charge in [-0.25, -0.2) is 4.79 Å². The van der Waals surface area contributed by atoms with Gasteiger partial charge >= 0.3 is 6.03 Å². The molecular weight excluding hydrogens is 364 g/mol. The summed E-state index contributed by atoms with van der Waals surface area (Å²) >= 11 is 5.93. The molecule has 0 radical (unpaired) electrons. The third-order valence-electron chi connectivity index (χ3n) is 4.43. The van der Waals surface area contributed by atoms with E-state index in [9.17, 15) is 9.59 Å². The first-order chi connectivity index (χ1) is 13.1. The monoisotopic (exact) mass is 386 g/mol. The summed E-state index contributed by atoms with van der Waals surface area (Å²) in [5.41, 5.74) is 1.46. The Morgan fingerprint density at radius 2 is 1.67 bits per heavy atom. The van der Waals surface area contributed by atoms with Crippen molar-refractivity contribution in [1.29, 1.82) is 0 Å². The second-order valence-corrected chi connectivity index (χ2v) is 7.01. The topological polar surface area (TPSA) is 73.5 Å². The van der Waals surface area contributed by atoms with Gasteiger partial charge in [-0.15, -0.1) is 0 Å². The van der Waals surface area contributed by atoms with Gasteiger partial charge in [0.25, 0.3) is 0 Å². The van der Waals surface area contributed by atoms with E-state index in [1.165, 1.54) is 0 Å². The SMILES string of the molecule is O=C(CN1CCC(NC(=O)Nc2ccccc2)CC1)Nc1cccc(Cl)c1. The molecule has 2 aromatic rings. The number of hydrogen-bond acceptors (Lipinski definition) is 3. The summed E-state index contributed by atoms with van der Waals surface area (Å²) < 4.78 is 0. The van der Waals surface area contributed by atoms with E-state index >= 15 is 0 Å². The number of nitrogens with one attached hydrogen (secondary N) is 3. The number of urea groups is 1. The van der Waals surface area contributed by atoms with Crippen LogP contribution in [0.3, 0.4) is 0 Å². The average molecular weight is 387 g/mol. The van der Waals surface area contributed by atoms with Crippen LogP contribution in [0.25, 0.3) is 0 Å². The van der Waals surface area contributed by atoms with E-state index in [1.54, 1.807) is 18.2 Å². The number of amides is 3. The number of carbonyl (C=O) groups is 2. The van der Waals surface area contributed by atoms with E-state index in [2.05, 4.69) is 20.9 Å². The zero-order valence-electron chi connectivity index (χ0n) is 15.0. The number of likely N-dealkylation sites (tertiary alicyclic amines) is 1. The quantitative estimate of drug-likeness (QED) is 0.735. The summed E-state index contributed by atoms with van der Waals surface area (Å²) in [4.78, 5) is 26.3. The van der Waals surface area contributed by atoms with Crippen molar-refractivity contribution in [3.8, 4) is 0 Å². The molecule has 0 aromatic heterocycles. The van der Waals surface area contributed by atoms with Crippen LogP contribution in [0.2, 0.25) is 5.02 Å². The van der Waals surface area contributed by atoms with Crippen LogP contribution in [0.1, 0.15) is 12.8 Å². The van der Waals surface area contributed by atoms with Crippen LogP contribution in [-0.4, -0.2) is 42.5 Å². The van der Waals surface area contributed by atoms with Gasteiger partial charge in [0, 0.05) is 35.5 Å². The molecule has 142 valence electrons. The minimum absolute atomic E-state index is 0.0644. The lowest BCUT2D eigenvalue weighted by atomic mass is 10.1. The number of rotatable bonds is 5. The first-order valence-corrected chi connectivity index (χ1v) is 9.36. The Bertz CT molecular complexity index is 777. The van der Waals surface area contributed by atoms with E-state index in [-0.39, 0.29) is 18.0 Å². The van der Waals surface area contributed by atoms with Crippen LogP contribution in [0.15, 0.2) is 54.6 Å². The average Bonchev–Trinajstić information content (AvgIpc) is 2.64. The standard InChI is InChI=1S/C20H23ClN4O2/c21-15-5-4-8-18(13-15)22-19(26)14-25-11-9-17(10-12-25)24-20(27)23-16-6-2-1-3-7-16/h1-8,13,17H,9-12,14H2,(H,22,26)(H2,23,24,27). The molecule has 7 heteroatoms. The van der Waals surface area contributed by atoms with Crippen molar-refractivity contribution < 1.29 is 9.59 Å². The predicted molar refractivity (Wildman–Crippen MR) is 108 cm³/mol. The van der Waals surface area contributed by atoms with Crippen LogP contribution in [0.4, 0.5) is 16.2 Å². The van der Waals surface area contributed by atoms with Crippen LogP contribution < -0.4 is 16.0 Å². The Labute approximate surface area is 163 Å². The Balaban J connectivity index is 1.38. The van der Waals surface area contributed by atoms with E-state index < -0.39 is 0 Å². The molecule has 0 atom stereocenters. The van der Waals surface area contributed by atoms with Crippen LogP contribution >= 0.6 is 11.6 Å². The molecule has 0 saturated carbocycles. The number of nitrogens with zero attached hydrogens (tertiary/aromatic N) is 1. The Morgan fingerprint density at radius 1 is 0.963 bits per heavy atom. The van der Waals surface area contributed by atoms with Gasteiger partial charge in [0.05, 0.1) is 6.54 Å². The normalized spacial score (nSPS) is 15.1. The molecule has 1 aliphatic heterocycles. The van der Waals surface area contributed by atoms with E-state index in [4.69, 9.17) is 11.6 Å². The molecule has 0 bridgehead atoms. The molecule has 3 amide bonds. The number of anilines is 2. The van der Waals surface area contributed by atoms with E-state index in [1.807, 2.05) is 36.4 Å². The van der Waals surface area contributed by atoms with Gasteiger partial charge in [0.2, 0.25) is 5.91 Å². The highest BCUT2D eigenvalue weighted by atomic mass is 35.5. The highest BCUT2D eigenvalue weighted by Gasteiger charge is 2.22. The molecule has 0 unspecified atom stereocenters. The fraction of sp³-hybridized carbons (Fsp3) is 0.300. The number of halogens is 1. The summed E-state index contributed by atoms with van der Waals surface area (Å²) in [6.07, 6.45) is 1.62. The fourth-order valence-corrected chi connectivity index (χ4v) is 3.27. The zero-order chi connectivity index (χ0) is 19.1. The summed E-state index contributed by atoms with van der Waals surface area (Å²) in [5.74, 6) is -0.0644. The number of hydrogen-bond donors (Lipinski definition) is 3. The molecule has 1 aliphatic rings. The fourth-order valence-electron chi connectivity index (χ4n) is 3.08. The number of carbonyl (C=O) groups excluding carboxylic acids is 2. The number of para-hydroxylation sites is 1. The lowest BCUT2D eigenvalue weighted by Gasteiger charge is -2.31. The summed E-state index contributed by atoms with van der Waals surface area (Å²) in [7, 11) is 0. The molecule has 0 spiro atoms. The highest BCUT2D eigenvalue weighted by Crippen LogP contribution is 2.15. The molecule has 2 aromatic carbocycles. The lowest BCUT2D eigenvalue weighted by molar-refractivity contribution is -0.117. The van der Waals surface area contributed by atoms with Gasteiger partial charge in [0.15, 0.2) is 0 Å². The van der Waals surface area contributed by atoms with Crippen molar-refractivity contribution in [3.05, 3.63) is 59.6 Å². The molecule has 1 heterocycles. The molecule has 1 saturated heterocycles. The summed E-state index contributed by atoms with van der Waals surface area (Å²) in [6, 6.07) is 16.4. The van der Waals surface area contributed by atoms with Crippen molar-refractivity contribution in [2.45, 2.75) is 18.9 Å². The highest BCUT2D eigenvalue weighted by molar-refractivity contribution is 6.30. The van der Waals surface area contributed by atoms with Crippen molar-refractivity contribution in [2.75, 3.05) is 30.3 Å². The van der Waals surface area contributed by atoms with Gasteiger partial charge in [-0.1, -0.05) is 35.9 Å².